The Labute approximate surface area is 288 Å². The Kier molecular flexibility index (Phi) is 11.3. The fraction of sp³-hybridized carbons (Fsp3) is 0.226. The molecule has 1 atom stereocenters. The summed E-state index contributed by atoms with van der Waals surface area (Å²) in [5, 5.41) is 12.9. The fourth-order valence-corrected chi connectivity index (χ4v) is 5.17. The predicted molar refractivity (Wildman–Crippen MR) is 170 cm³/mol. The van der Waals surface area contributed by atoms with E-state index in [1.54, 1.807) is 56.3 Å². The Bertz CT molecular complexity index is 1960. The number of ether oxygens (including phenoxy) is 3. The van der Waals surface area contributed by atoms with Crippen LogP contribution < -0.4 is 9.47 Å². The van der Waals surface area contributed by atoms with Crippen molar-refractivity contribution in [1.29, 1.82) is 0 Å². The van der Waals surface area contributed by atoms with Crippen molar-refractivity contribution in [2.75, 3.05) is 0 Å². The Hall–Kier alpha value is -4.34. The maximum absolute atomic E-state index is 14.3. The first-order valence-electron chi connectivity index (χ1n) is 13.7. The van der Waals surface area contributed by atoms with Crippen molar-refractivity contribution < 1.29 is 50.9 Å². The van der Waals surface area contributed by atoms with Crippen LogP contribution in [0.2, 0.25) is 10.0 Å². The molecule has 0 spiro atoms. The van der Waals surface area contributed by atoms with Crippen molar-refractivity contribution in [3.8, 4) is 28.8 Å². The van der Waals surface area contributed by atoms with Crippen molar-refractivity contribution in [2.45, 2.75) is 39.2 Å². The molecule has 0 amide bonds. The number of hydrogen-bond acceptors (Lipinski definition) is 8. The van der Waals surface area contributed by atoms with E-state index >= 15 is 0 Å². The van der Waals surface area contributed by atoms with E-state index in [-0.39, 0.29) is 27.9 Å². The van der Waals surface area contributed by atoms with Crippen LogP contribution in [0.3, 0.4) is 0 Å². The number of alkyl halides is 3. The molecule has 0 radical (unpaired) electrons. The molecule has 0 fully saturated rings. The van der Waals surface area contributed by atoms with Gasteiger partial charge in [-0.15, -0.1) is 0 Å². The van der Waals surface area contributed by atoms with Crippen LogP contribution in [0, 0.1) is 5.82 Å². The highest BCUT2D eigenvalue weighted by atomic mass is 79.9. The molecule has 5 rings (SSSR count). The topological polar surface area (TPSA) is 126 Å². The quantitative estimate of drug-likeness (QED) is 0.121. The molecular formula is C31H24BrCl2F4N3O7. The third-order valence-electron chi connectivity index (χ3n) is 6.15. The number of halogens is 7. The normalized spacial score (nSPS) is 12.0. The number of rotatable bonds is 8. The summed E-state index contributed by atoms with van der Waals surface area (Å²) in [5.74, 6) is -1.85. The number of aromatic nitrogens is 3. The molecule has 0 saturated heterocycles. The minimum absolute atomic E-state index is 0.0924. The summed E-state index contributed by atoms with van der Waals surface area (Å²) in [6.45, 7) is 4.68. The molecule has 2 heterocycles. The van der Waals surface area contributed by atoms with Crippen LogP contribution in [0.5, 0.6) is 17.6 Å². The number of hydrogen-bond donors (Lipinski definition) is 1. The monoisotopic (exact) mass is 775 g/mol. The maximum Gasteiger partial charge on any atom is 0.434 e. The standard InChI is InChI=1S/C16H12ClNO5.C15H12BrClF4N2O2/c1-9(15(19)20)21-11-3-5-12(6-4-11)22-16-18-13-7-2-10(17)8-14(13)23-16;1-6(2)25-14(24)7-4-8(10(18)5-9(7)17)12-11(16)13(15(19,20)21)23(3)22-12/h2-9H,1H3,(H,19,20);4-6H,1-3H3. The van der Waals surface area contributed by atoms with Crippen LogP contribution >= 0.6 is 39.1 Å². The van der Waals surface area contributed by atoms with E-state index in [0.717, 1.165) is 19.2 Å². The number of aliphatic carboxylic acids is 1. The molecule has 3 aromatic carbocycles. The second kappa shape index (κ2) is 14.8. The van der Waals surface area contributed by atoms with Gasteiger partial charge in [-0.05, 0) is 85.2 Å². The van der Waals surface area contributed by atoms with Gasteiger partial charge in [-0.2, -0.15) is 23.3 Å². The summed E-state index contributed by atoms with van der Waals surface area (Å²) in [6, 6.07) is 13.4. The van der Waals surface area contributed by atoms with Gasteiger partial charge in [0.1, 0.15) is 28.5 Å². The van der Waals surface area contributed by atoms with Gasteiger partial charge in [0.15, 0.2) is 17.4 Å². The number of esters is 1. The number of oxazole rings is 1. The van der Waals surface area contributed by atoms with Crippen LogP contribution in [0.15, 0.2) is 63.5 Å². The lowest BCUT2D eigenvalue weighted by atomic mass is 10.1. The molecule has 0 bridgehead atoms. The van der Waals surface area contributed by atoms with E-state index < -0.39 is 46.3 Å². The van der Waals surface area contributed by atoms with Gasteiger partial charge in [0.05, 0.1) is 21.2 Å². The molecule has 5 aromatic rings. The van der Waals surface area contributed by atoms with Gasteiger partial charge >= 0.3 is 24.2 Å². The second-order valence-electron chi connectivity index (χ2n) is 10.2. The van der Waals surface area contributed by atoms with E-state index in [9.17, 15) is 27.2 Å². The summed E-state index contributed by atoms with van der Waals surface area (Å²) in [7, 11) is 1.08. The first-order chi connectivity index (χ1) is 22.4. The van der Waals surface area contributed by atoms with Crippen molar-refractivity contribution in [1.82, 2.24) is 14.8 Å². The highest BCUT2D eigenvalue weighted by molar-refractivity contribution is 9.10. The van der Waals surface area contributed by atoms with Gasteiger partial charge < -0.3 is 23.7 Å². The van der Waals surface area contributed by atoms with Gasteiger partial charge in [-0.1, -0.05) is 23.2 Å². The van der Waals surface area contributed by atoms with Gasteiger partial charge in [0, 0.05) is 23.7 Å². The number of carboxylic acids is 1. The molecule has 0 aliphatic heterocycles. The van der Waals surface area contributed by atoms with Gasteiger partial charge in [0.25, 0.3) is 0 Å². The molecule has 48 heavy (non-hydrogen) atoms. The minimum atomic E-state index is -4.69. The van der Waals surface area contributed by atoms with Crippen LogP contribution in [0.1, 0.15) is 36.8 Å². The molecule has 1 unspecified atom stereocenters. The Balaban J connectivity index is 0.000000217. The minimum Gasteiger partial charge on any atom is -0.479 e. The maximum atomic E-state index is 14.3. The lowest BCUT2D eigenvalue weighted by Gasteiger charge is -2.11. The summed E-state index contributed by atoms with van der Waals surface area (Å²) < 4.78 is 74.8. The Morgan fingerprint density at radius 2 is 1.67 bits per heavy atom. The van der Waals surface area contributed by atoms with E-state index in [1.807, 2.05) is 0 Å². The van der Waals surface area contributed by atoms with Gasteiger partial charge in [0.2, 0.25) is 0 Å². The zero-order valence-corrected chi connectivity index (χ0v) is 28.3. The van der Waals surface area contributed by atoms with E-state index in [1.165, 1.54) is 6.92 Å². The van der Waals surface area contributed by atoms with Crippen molar-refractivity contribution in [3.63, 3.8) is 0 Å². The average Bonchev–Trinajstić information content (AvgIpc) is 3.52. The number of aryl methyl sites for hydroxylation is 1. The molecule has 2 aromatic heterocycles. The first-order valence-corrected chi connectivity index (χ1v) is 15.2. The summed E-state index contributed by atoms with van der Waals surface area (Å²) >= 11 is 14.6. The molecule has 1 N–H and O–H groups in total. The van der Waals surface area contributed by atoms with Gasteiger partial charge in [-0.3, -0.25) is 4.68 Å². The zero-order chi connectivity index (χ0) is 35.5. The van der Waals surface area contributed by atoms with Crippen LogP contribution in [0.25, 0.3) is 22.4 Å². The highest BCUT2D eigenvalue weighted by Crippen LogP contribution is 2.41. The van der Waals surface area contributed by atoms with Crippen molar-refractivity contribution >= 4 is 62.2 Å². The lowest BCUT2D eigenvalue weighted by Crippen LogP contribution is -2.22. The predicted octanol–water partition coefficient (Wildman–Crippen LogP) is 9.35. The van der Waals surface area contributed by atoms with Crippen molar-refractivity contribution in [3.05, 3.63) is 86.2 Å². The number of carboxylic acid groups (broad SMARTS) is 1. The van der Waals surface area contributed by atoms with E-state index in [4.69, 9.17) is 46.9 Å². The van der Waals surface area contributed by atoms with Gasteiger partial charge in [-0.25, -0.2) is 14.0 Å². The molecular weight excluding hydrogens is 753 g/mol. The largest absolute Gasteiger partial charge is 0.479 e. The summed E-state index contributed by atoms with van der Waals surface area (Å²) in [5.41, 5.74) is -0.691. The Morgan fingerprint density at radius 1 is 1.02 bits per heavy atom. The number of benzene rings is 3. The van der Waals surface area contributed by atoms with E-state index in [2.05, 4.69) is 26.0 Å². The summed E-state index contributed by atoms with van der Waals surface area (Å²) in [4.78, 5) is 27.0. The molecule has 0 aliphatic carbocycles. The number of carbonyl (C=O) groups is 2. The number of carbonyl (C=O) groups excluding carboxylic acids is 1. The molecule has 17 heteroatoms. The first kappa shape index (κ1) is 36.5. The van der Waals surface area contributed by atoms with Crippen LogP contribution in [-0.2, 0) is 22.8 Å². The third kappa shape index (κ3) is 8.76. The molecule has 10 nitrogen and oxygen atoms in total. The lowest BCUT2D eigenvalue weighted by molar-refractivity contribution is -0.145. The Morgan fingerprint density at radius 3 is 2.25 bits per heavy atom. The third-order valence-corrected chi connectivity index (χ3v) is 7.45. The SMILES string of the molecule is CC(C)OC(=O)c1cc(-c2nn(C)c(C(F)(F)F)c2Br)c(F)cc1Cl.CC(Oc1ccc(Oc2nc3ccc(Cl)cc3o2)cc1)C(=O)O. The number of fused-ring (bicyclic) bond motifs is 1. The fourth-order valence-electron chi connectivity index (χ4n) is 4.01. The molecule has 254 valence electrons. The van der Waals surface area contributed by atoms with Crippen LogP contribution in [0.4, 0.5) is 17.6 Å². The van der Waals surface area contributed by atoms with E-state index in [0.29, 0.717) is 32.3 Å². The smallest absolute Gasteiger partial charge is 0.434 e. The highest BCUT2D eigenvalue weighted by Gasteiger charge is 2.39. The average molecular weight is 777 g/mol. The second-order valence-corrected chi connectivity index (χ2v) is 11.8. The van der Waals surface area contributed by atoms with Crippen LogP contribution in [-0.4, -0.2) is 44.0 Å². The molecule has 0 saturated carbocycles. The summed E-state index contributed by atoms with van der Waals surface area (Å²) in [6.07, 6.45) is -5.98. The number of nitrogens with zero attached hydrogens (tertiary/aromatic N) is 3. The molecule has 0 aliphatic rings. The zero-order valence-electron chi connectivity index (χ0n) is 25.2. The van der Waals surface area contributed by atoms with Crippen molar-refractivity contribution in [2.24, 2.45) is 7.05 Å².